The second-order valence-electron chi connectivity index (χ2n) is 5.34. The lowest BCUT2D eigenvalue weighted by molar-refractivity contribution is 0.624. The van der Waals surface area contributed by atoms with Crippen molar-refractivity contribution in [1.29, 1.82) is 0 Å². The second kappa shape index (κ2) is 6.97. The average molecular weight is 388 g/mol. The Labute approximate surface area is 147 Å². The Kier molecular flexibility index (Phi) is 4.76. The van der Waals surface area contributed by atoms with Gasteiger partial charge in [0.05, 0.1) is 17.9 Å². The highest BCUT2D eigenvalue weighted by atomic mass is 79.9. The predicted molar refractivity (Wildman–Crippen MR) is 95.5 cm³/mol. The summed E-state index contributed by atoms with van der Waals surface area (Å²) in [4.78, 5) is 12.1. The Morgan fingerprint density at radius 3 is 2.54 bits per heavy atom. The minimum absolute atomic E-state index is 0.244. The van der Waals surface area contributed by atoms with E-state index in [1.54, 1.807) is 19.3 Å². The molecule has 122 valence electrons. The summed E-state index contributed by atoms with van der Waals surface area (Å²) >= 11 is 3.31. The van der Waals surface area contributed by atoms with Crippen LogP contribution in [0.4, 0.5) is 10.1 Å². The number of benzene rings is 2. The molecule has 0 spiro atoms. The van der Waals surface area contributed by atoms with Gasteiger partial charge in [0.15, 0.2) is 0 Å². The van der Waals surface area contributed by atoms with Crippen LogP contribution in [0.3, 0.4) is 0 Å². The maximum atomic E-state index is 13.7. The van der Waals surface area contributed by atoms with Gasteiger partial charge in [-0.3, -0.25) is 4.79 Å². The van der Waals surface area contributed by atoms with Crippen LogP contribution in [0.15, 0.2) is 70.1 Å². The topological polar surface area (TPSA) is 46.9 Å². The van der Waals surface area contributed by atoms with E-state index in [9.17, 15) is 9.18 Å². The van der Waals surface area contributed by atoms with E-state index >= 15 is 0 Å². The van der Waals surface area contributed by atoms with E-state index in [1.165, 1.54) is 16.8 Å². The minimum atomic E-state index is -0.313. The van der Waals surface area contributed by atoms with Crippen LogP contribution in [0.25, 0.3) is 0 Å². The third-order valence-corrected chi connectivity index (χ3v) is 4.46. The van der Waals surface area contributed by atoms with E-state index in [-0.39, 0.29) is 17.4 Å². The van der Waals surface area contributed by atoms with Gasteiger partial charge in [-0.15, -0.1) is 0 Å². The summed E-state index contributed by atoms with van der Waals surface area (Å²) in [5.74, 6) is -0.309. The molecule has 0 radical (unpaired) electrons. The first-order valence-corrected chi connectivity index (χ1v) is 8.14. The van der Waals surface area contributed by atoms with E-state index in [0.717, 1.165) is 11.1 Å². The zero-order chi connectivity index (χ0) is 17.1. The summed E-state index contributed by atoms with van der Waals surface area (Å²) in [6.07, 6.45) is 1.57. The number of nitrogens with one attached hydrogen (secondary N) is 1. The summed E-state index contributed by atoms with van der Waals surface area (Å²) in [5.41, 5.74) is 2.02. The molecule has 0 aliphatic rings. The van der Waals surface area contributed by atoms with Gasteiger partial charge in [0.2, 0.25) is 0 Å². The fraction of sp³-hybridized carbons (Fsp3) is 0.111. The van der Waals surface area contributed by atoms with Gasteiger partial charge in [-0.2, -0.15) is 5.10 Å². The molecule has 2 aromatic carbocycles. The highest BCUT2D eigenvalue weighted by Crippen LogP contribution is 2.29. The van der Waals surface area contributed by atoms with Crippen molar-refractivity contribution in [2.75, 3.05) is 5.32 Å². The van der Waals surface area contributed by atoms with Crippen LogP contribution in [0.1, 0.15) is 17.2 Å². The Balaban J connectivity index is 2.06. The molecule has 1 N–H and O–H groups in total. The standard InChI is InChI=1S/C18H15BrFN3O/c1-23-18(24)16(19)15(11-21-23)22-17(12-6-3-2-4-7-12)13-8-5-9-14(20)10-13/h2-11,17,22H,1H3. The van der Waals surface area contributed by atoms with Gasteiger partial charge in [0, 0.05) is 7.05 Å². The van der Waals surface area contributed by atoms with Crippen molar-refractivity contribution in [3.05, 3.63) is 92.6 Å². The van der Waals surface area contributed by atoms with Crippen molar-refractivity contribution in [1.82, 2.24) is 9.78 Å². The highest BCUT2D eigenvalue weighted by Gasteiger charge is 2.17. The Morgan fingerprint density at radius 2 is 1.83 bits per heavy atom. The summed E-state index contributed by atoms with van der Waals surface area (Å²) in [6.45, 7) is 0. The van der Waals surface area contributed by atoms with Gasteiger partial charge in [0.25, 0.3) is 5.56 Å². The summed E-state index contributed by atoms with van der Waals surface area (Å²) in [7, 11) is 1.58. The summed E-state index contributed by atoms with van der Waals surface area (Å²) in [5, 5.41) is 7.32. The second-order valence-corrected chi connectivity index (χ2v) is 6.14. The minimum Gasteiger partial charge on any atom is -0.372 e. The van der Waals surface area contributed by atoms with Gasteiger partial charge in [-0.05, 0) is 39.2 Å². The lowest BCUT2D eigenvalue weighted by atomic mass is 9.98. The SMILES string of the molecule is Cn1ncc(NC(c2ccccc2)c2cccc(F)c2)c(Br)c1=O. The first-order chi connectivity index (χ1) is 11.6. The molecular weight excluding hydrogens is 373 g/mol. The maximum Gasteiger partial charge on any atom is 0.282 e. The number of halogens is 2. The van der Waals surface area contributed by atoms with Gasteiger partial charge < -0.3 is 5.32 Å². The monoisotopic (exact) mass is 387 g/mol. The molecular formula is C18H15BrFN3O. The normalized spacial score (nSPS) is 12.0. The molecule has 0 aliphatic carbocycles. The number of hydrogen-bond donors (Lipinski definition) is 1. The Morgan fingerprint density at radius 1 is 1.12 bits per heavy atom. The van der Waals surface area contributed by atoms with Crippen molar-refractivity contribution >= 4 is 21.6 Å². The van der Waals surface area contributed by atoms with E-state index in [4.69, 9.17) is 0 Å². The Hall–Kier alpha value is -2.47. The van der Waals surface area contributed by atoms with Crippen LogP contribution in [0.2, 0.25) is 0 Å². The van der Waals surface area contributed by atoms with E-state index < -0.39 is 0 Å². The molecule has 0 bridgehead atoms. The molecule has 0 saturated carbocycles. The third-order valence-electron chi connectivity index (χ3n) is 3.69. The average Bonchev–Trinajstić information content (AvgIpc) is 2.60. The number of aryl methyl sites for hydroxylation is 1. The summed E-state index contributed by atoms with van der Waals surface area (Å²) in [6, 6.07) is 15.7. The van der Waals surface area contributed by atoms with Gasteiger partial charge >= 0.3 is 0 Å². The molecule has 0 amide bonds. The van der Waals surface area contributed by atoms with Gasteiger partial charge in [-0.25, -0.2) is 9.07 Å². The number of rotatable bonds is 4. The van der Waals surface area contributed by atoms with Crippen LogP contribution in [-0.4, -0.2) is 9.78 Å². The lowest BCUT2D eigenvalue weighted by Gasteiger charge is -2.21. The van der Waals surface area contributed by atoms with Gasteiger partial charge in [-0.1, -0.05) is 42.5 Å². The van der Waals surface area contributed by atoms with Crippen LogP contribution in [-0.2, 0) is 7.05 Å². The predicted octanol–water partition coefficient (Wildman–Crippen LogP) is 3.88. The van der Waals surface area contributed by atoms with Crippen LogP contribution >= 0.6 is 15.9 Å². The molecule has 4 nitrogen and oxygen atoms in total. The Bertz CT molecular complexity index is 912. The summed E-state index contributed by atoms with van der Waals surface area (Å²) < 4.78 is 15.3. The van der Waals surface area contributed by atoms with E-state index in [1.807, 2.05) is 36.4 Å². The zero-order valence-corrected chi connectivity index (χ0v) is 14.5. The van der Waals surface area contributed by atoms with E-state index in [0.29, 0.717) is 10.2 Å². The van der Waals surface area contributed by atoms with Crippen molar-refractivity contribution in [3.63, 3.8) is 0 Å². The molecule has 1 heterocycles. The molecule has 3 rings (SSSR count). The molecule has 0 fully saturated rings. The fourth-order valence-electron chi connectivity index (χ4n) is 2.46. The molecule has 1 unspecified atom stereocenters. The first kappa shape index (κ1) is 16.4. The zero-order valence-electron chi connectivity index (χ0n) is 12.9. The van der Waals surface area contributed by atoms with Crippen LogP contribution in [0, 0.1) is 5.82 Å². The molecule has 0 saturated heterocycles. The lowest BCUT2D eigenvalue weighted by Crippen LogP contribution is -2.22. The molecule has 1 aromatic heterocycles. The number of hydrogen-bond acceptors (Lipinski definition) is 3. The quantitative estimate of drug-likeness (QED) is 0.738. The van der Waals surface area contributed by atoms with Crippen molar-refractivity contribution in [2.24, 2.45) is 7.05 Å². The molecule has 0 aliphatic heterocycles. The number of nitrogens with zero attached hydrogens (tertiary/aromatic N) is 2. The largest absolute Gasteiger partial charge is 0.372 e. The fourth-order valence-corrected chi connectivity index (χ4v) is 2.93. The molecule has 6 heteroatoms. The van der Waals surface area contributed by atoms with Crippen LogP contribution < -0.4 is 10.9 Å². The number of anilines is 1. The number of aromatic nitrogens is 2. The first-order valence-electron chi connectivity index (χ1n) is 7.35. The smallest absolute Gasteiger partial charge is 0.282 e. The highest BCUT2D eigenvalue weighted by molar-refractivity contribution is 9.10. The van der Waals surface area contributed by atoms with Crippen molar-refractivity contribution in [2.45, 2.75) is 6.04 Å². The van der Waals surface area contributed by atoms with Crippen molar-refractivity contribution < 1.29 is 4.39 Å². The molecule has 1 atom stereocenters. The molecule has 3 aromatic rings. The van der Waals surface area contributed by atoms with Crippen LogP contribution in [0.5, 0.6) is 0 Å². The molecule has 24 heavy (non-hydrogen) atoms. The van der Waals surface area contributed by atoms with E-state index in [2.05, 4.69) is 26.3 Å². The van der Waals surface area contributed by atoms with Crippen molar-refractivity contribution in [3.8, 4) is 0 Å². The van der Waals surface area contributed by atoms with Gasteiger partial charge in [0.1, 0.15) is 10.3 Å². The third kappa shape index (κ3) is 3.38. The maximum absolute atomic E-state index is 13.7.